The molecule has 0 saturated heterocycles. The number of halogens is 1. The fourth-order valence-corrected chi connectivity index (χ4v) is 5.71. The molecule has 0 N–H and O–H groups in total. The predicted molar refractivity (Wildman–Crippen MR) is 151 cm³/mol. The lowest BCUT2D eigenvalue weighted by Gasteiger charge is -2.34. The van der Waals surface area contributed by atoms with E-state index in [9.17, 15) is 14.2 Å². The van der Waals surface area contributed by atoms with E-state index in [-0.39, 0.29) is 24.8 Å². The van der Waals surface area contributed by atoms with Crippen molar-refractivity contribution in [1.29, 1.82) is 0 Å². The average Bonchev–Trinajstić information content (AvgIpc) is 2.61. The summed E-state index contributed by atoms with van der Waals surface area (Å²) in [5.74, 6) is -0.197. The van der Waals surface area contributed by atoms with Crippen molar-refractivity contribution in [2.24, 2.45) is 0 Å². The van der Waals surface area contributed by atoms with Gasteiger partial charge in [0.1, 0.15) is 11.4 Å². The van der Waals surface area contributed by atoms with Crippen molar-refractivity contribution in [2.45, 2.75) is 118 Å². The third-order valence-electron chi connectivity index (χ3n) is 4.86. The summed E-state index contributed by atoms with van der Waals surface area (Å²) in [6, 6.07) is 3.26. The molecule has 1 rings (SSSR count). The highest BCUT2D eigenvalue weighted by Gasteiger charge is 2.41. The second-order valence-corrected chi connectivity index (χ2v) is 14.7. The number of phosphoric acid groups is 1. The summed E-state index contributed by atoms with van der Waals surface area (Å²) < 4.78 is 47.3. The molecular formula is C28H46ClO9P. The summed E-state index contributed by atoms with van der Waals surface area (Å²) in [5, 5.41) is 0. The van der Waals surface area contributed by atoms with Gasteiger partial charge in [0.2, 0.25) is 0 Å². The molecule has 0 aromatic heterocycles. The second kappa shape index (κ2) is 13.2. The third kappa shape index (κ3) is 13.4. The van der Waals surface area contributed by atoms with Crippen LogP contribution in [0.2, 0.25) is 0 Å². The van der Waals surface area contributed by atoms with Gasteiger partial charge in [-0.05, 0) is 98.3 Å². The molecule has 0 bridgehead atoms. The number of phosphoric ester groups is 1. The number of hydrogen-bond acceptors (Lipinski definition) is 9. The molecule has 0 fully saturated rings. The quantitative estimate of drug-likeness (QED) is 0.143. The number of benzene rings is 1. The summed E-state index contributed by atoms with van der Waals surface area (Å²) >= 11 is 5.43. The second-order valence-electron chi connectivity index (χ2n) is 13.0. The Morgan fingerprint density at radius 2 is 1.38 bits per heavy atom. The van der Waals surface area contributed by atoms with Crippen LogP contribution in [0.3, 0.4) is 0 Å². The standard InChI is InChI=1S/C28H46ClO9P/c1-19-15-20(17-22(30)35-25(2,3)4)23(28(11,12)13-14-33-24(31)34-18-29)21(16-19)36-39(32,37-26(5,6)7)38-27(8,9)10/h15-16H,13-14,17-18H2,1-12H3. The molecular weight excluding hydrogens is 547 g/mol. The van der Waals surface area contributed by atoms with Gasteiger partial charge in [-0.15, -0.1) is 0 Å². The number of carbonyl (C=O) groups is 2. The molecule has 0 aliphatic heterocycles. The maximum atomic E-state index is 14.0. The monoisotopic (exact) mass is 592 g/mol. The van der Waals surface area contributed by atoms with Crippen LogP contribution in [-0.4, -0.2) is 41.6 Å². The average molecular weight is 593 g/mol. The number of ether oxygens (including phenoxy) is 3. The molecule has 0 spiro atoms. The zero-order valence-corrected chi connectivity index (χ0v) is 27.1. The largest absolute Gasteiger partial charge is 0.531 e. The lowest BCUT2D eigenvalue weighted by molar-refractivity contribution is -0.153. The smallest absolute Gasteiger partial charge is 0.460 e. The Labute approximate surface area is 238 Å². The molecule has 1 aromatic carbocycles. The van der Waals surface area contributed by atoms with Crippen LogP contribution in [0.15, 0.2) is 12.1 Å². The zero-order chi connectivity index (χ0) is 30.4. The lowest BCUT2D eigenvalue weighted by atomic mass is 9.77. The molecule has 0 unspecified atom stereocenters. The molecule has 1 aromatic rings. The van der Waals surface area contributed by atoms with Gasteiger partial charge in [-0.1, -0.05) is 31.5 Å². The van der Waals surface area contributed by atoms with E-state index in [4.69, 9.17) is 34.6 Å². The number of esters is 1. The molecule has 11 heteroatoms. The third-order valence-corrected chi connectivity index (χ3v) is 6.93. The molecule has 0 saturated carbocycles. The van der Waals surface area contributed by atoms with Gasteiger partial charge >= 0.3 is 19.9 Å². The first kappa shape index (κ1) is 35.2. The Hall–Kier alpha value is -1.80. The van der Waals surface area contributed by atoms with Gasteiger partial charge in [-0.3, -0.25) is 13.8 Å². The van der Waals surface area contributed by atoms with E-state index in [0.717, 1.165) is 5.56 Å². The van der Waals surface area contributed by atoms with E-state index in [1.54, 1.807) is 68.4 Å². The van der Waals surface area contributed by atoms with Crippen molar-refractivity contribution in [3.05, 3.63) is 28.8 Å². The van der Waals surface area contributed by atoms with E-state index in [1.165, 1.54) is 0 Å². The van der Waals surface area contributed by atoms with Crippen molar-refractivity contribution >= 4 is 31.5 Å². The Kier molecular flexibility index (Phi) is 12.0. The Balaban J connectivity index is 3.67. The molecule has 224 valence electrons. The van der Waals surface area contributed by atoms with Crippen molar-refractivity contribution in [1.82, 2.24) is 0 Å². The highest BCUT2D eigenvalue weighted by molar-refractivity contribution is 7.49. The first-order valence-electron chi connectivity index (χ1n) is 12.9. The van der Waals surface area contributed by atoms with Crippen LogP contribution in [0.5, 0.6) is 5.75 Å². The Morgan fingerprint density at radius 3 is 1.85 bits per heavy atom. The highest BCUT2D eigenvalue weighted by atomic mass is 35.5. The molecule has 0 aliphatic rings. The highest BCUT2D eigenvalue weighted by Crippen LogP contribution is 2.57. The molecule has 39 heavy (non-hydrogen) atoms. The van der Waals surface area contributed by atoms with Gasteiger partial charge < -0.3 is 18.7 Å². The van der Waals surface area contributed by atoms with Crippen LogP contribution in [-0.2, 0) is 44.5 Å². The van der Waals surface area contributed by atoms with Gasteiger partial charge in [0, 0.05) is 5.56 Å². The Morgan fingerprint density at radius 1 is 0.846 bits per heavy atom. The van der Waals surface area contributed by atoms with Gasteiger partial charge in [0.15, 0.2) is 6.07 Å². The molecule has 0 aliphatic carbocycles. The van der Waals surface area contributed by atoms with Crippen molar-refractivity contribution in [3.8, 4) is 5.75 Å². The van der Waals surface area contributed by atoms with E-state index in [1.807, 2.05) is 26.8 Å². The molecule has 9 nitrogen and oxygen atoms in total. The van der Waals surface area contributed by atoms with Crippen LogP contribution in [0.1, 0.15) is 99.3 Å². The first-order valence-corrected chi connectivity index (χ1v) is 14.9. The minimum Gasteiger partial charge on any atom is -0.460 e. The maximum Gasteiger partial charge on any atom is 0.531 e. The minimum absolute atomic E-state index is 0.00341. The zero-order valence-electron chi connectivity index (χ0n) is 25.5. The summed E-state index contributed by atoms with van der Waals surface area (Å²) in [5.41, 5.74) is -1.15. The van der Waals surface area contributed by atoms with Gasteiger partial charge in [-0.25, -0.2) is 9.36 Å². The SMILES string of the molecule is Cc1cc(CC(=O)OC(C)(C)C)c(C(C)(C)CCOC(=O)OCCl)c(OP(=O)(OC(C)(C)C)OC(C)(C)C)c1. The summed E-state index contributed by atoms with van der Waals surface area (Å²) in [6.07, 6.45) is -0.638. The minimum atomic E-state index is -4.17. The summed E-state index contributed by atoms with van der Waals surface area (Å²) in [4.78, 5) is 24.6. The predicted octanol–water partition coefficient (Wildman–Crippen LogP) is 8.01. The number of hydrogen-bond donors (Lipinski definition) is 0. The van der Waals surface area contributed by atoms with E-state index < -0.39 is 42.2 Å². The van der Waals surface area contributed by atoms with Crippen molar-refractivity contribution < 1.29 is 41.9 Å². The van der Waals surface area contributed by atoms with Crippen LogP contribution in [0.4, 0.5) is 4.79 Å². The molecule has 0 atom stereocenters. The van der Waals surface area contributed by atoms with E-state index in [0.29, 0.717) is 17.5 Å². The van der Waals surface area contributed by atoms with Crippen LogP contribution < -0.4 is 4.52 Å². The number of alkyl halides is 1. The van der Waals surface area contributed by atoms with Gasteiger partial charge in [-0.2, -0.15) is 0 Å². The number of aryl methyl sites for hydroxylation is 1. The fourth-order valence-electron chi connectivity index (χ4n) is 3.79. The van der Waals surface area contributed by atoms with Crippen molar-refractivity contribution in [2.75, 3.05) is 12.7 Å². The van der Waals surface area contributed by atoms with Crippen LogP contribution in [0.25, 0.3) is 0 Å². The number of rotatable bonds is 11. The van der Waals surface area contributed by atoms with Gasteiger partial charge in [0.25, 0.3) is 0 Å². The molecule has 0 radical (unpaired) electrons. The topological polar surface area (TPSA) is 107 Å². The van der Waals surface area contributed by atoms with E-state index >= 15 is 0 Å². The maximum absolute atomic E-state index is 14.0. The van der Waals surface area contributed by atoms with Crippen LogP contribution >= 0.6 is 19.4 Å². The van der Waals surface area contributed by atoms with Gasteiger partial charge in [0.05, 0.1) is 24.2 Å². The molecule has 0 amide bonds. The summed E-state index contributed by atoms with van der Waals surface area (Å²) in [7, 11) is -4.17. The summed E-state index contributed by atoms with van der Waals surface area (Å²) in [6.45, 7) is 21.5. The van der Waals surface area contributed by atoms with E-state index in [2.05, 4.69) is 4.74 Å². The normalized spacial score (nSPS) is 13.2. The first-order chi connectivity index (χ1) is 17.5. The fraction of sp³-hybridized carbons (Fsp3) is 0.714. The molecule has 0 heterocycles. The number of carbonyl (C=O) groups excluding carboxylic acids is 2. The Bertz CT molecular complexity index is 1030. The van der Waals surface area contributed by atoms with Crippen LogP contribution in [0, 0.1) is 6.92 Å². The lowest BCUT2D eigenvalue weighted by Crippen LogP contribution is -2.29. The van der Waals surface area contributed by atoms with Crippen molar-refractivity contribution in [3.63, 3.8) is 0 Å².